The molecule has 0 saturated carbocycles. The number of pyridine rings is 1. The van der Waals surface area contributed by atoms with E-state index in [0.717, 1.165) is 41.4 Å². The van der Waals surface area contributed by atoms with Crippen LogP contribution in [0, 0.1) is 6.92 Å². The minimum Gasteiger partial charge on any atom is -0.382 e. The van der Waals surface area contributed by atoms with Crippen LogP contribution in [0.1, 0.15) is 35.2 Å². The third-order valence-electron chi connectivity index (χ3n) is 4.71. The summed E-state index contributed by atoms with van der Waals surface area (Å²) < 4.78 is 1.77. The molecule has 3 aromatic rings. The highest BCUT2D eigenvalue weighted by molar-refractivity contribution is 7.09. The number of thiazole rings is 1. The molecule has 0 aliphatic carbocycles. The first kappa shape index (κ1) is 15.5. The third kappa shape index (κ3) is 2.89. The fourth-order valence-corrected chi connectivity index (χ4v) is 4.15. The van der Waals surface area contributed by atoms with Gasteiger partial charge in [0.1, 0.15) is 0 Å². The molecular weight excluding hydrogens is 320 g/mol. The highest BCUT2D eigenvalue weighted by Crippen LogP contribution is 2.29. The molecule has 0 amide bonds. The smallest absolute Gasteiger partial charge is 0.159 e. The van der Waals surface area contributed by atoms with Crippen LogP contribution in [0.15, 0.2) is 17.5 Å². The molecule has 126 valence electrons. The van der Waals surface area contributed by atoms with Crippen LogP contribution >= 0.6 is 11.3 Å². The number of nitrogens with zero attached hydrogens (tertiary/aromatic N) is 5. The van der Waals surface area contributed by atoms with E-state index in [-0.39, 0.29) is 0 Å². The van der Waals surface area contributed by atoms with E-state index in [1.54, 1.807) is 16.0 Å². The van der Waals surface area contributed by atoms with Crippen molar-refractivity contribution in [2.24, 2.45) is 7.05 Å². The van der Waals surface area contributed by atoms with Crippen LogP contribution in [0.4, 0.5) is 5.82 Å². The highest BCUT2D eigenvalue weighted by Gasteiger charge is 2.23. The molecular formula is C17H22N6S. The predicted octanol–water partition coefficient (Wildman–Crippen LogP) is 2.70. The number of nitrogens with two attached hydrogens (primary N) is 1. The van der Waals surface area contributed by atoms with Crippen molar-refractivity contribution in [1.82, 2.24) is 24.6 Å². The number of piperidine rings is 1. The molecule has 1 saturated heterocycles. The largest absolute Gasteiger partial charge is 0.382 e. The summed E-state index contributed by atoms with van der Waals surface area (Å²) in [6.07, 6.45) is 2.37. The zero-order valence-electron chi connectivity index (χ0n) is 14.1. The lowest BCUT2D eigenvalue weighted by Crippen LogP contribution is -2.34. The van der Waals surface area contributed by atoms with E-state index in [0.29, 0.717) is 11.7 Å². The van der Waals surface area contributed by atoms with Gasteiger partial charge in [0.25, 0.3) is 0 Å². The van der Waals surface area contributed by atoms with Crippen molar-refractivity contribution in [3.05, 3.63) is 33.9 Å². The summed E-state index contributed by atoms with van der Waals surface area (Å²) >= 11 is 1.72. The summed E-state index contributed by atoms with van der Waals surface area (Å²) in [4.78, 5) is 11.9. The highest BCUT2D eigenvalue weighted by atomic mass is 32.1. The molecule has 2 N–H and O–H groups in total. The standard InChI is InChI=1S/C17H22N6S/c1-11-19-13(10-24-11)9-23-7-3-4-12(8-23)15-6-5-14-16(18)21-22(2)17(14)20-15/h5-6,10,12H,3-4,7-9H2,1-2H3,(H2,18,21)/t12-/m0/s1. The quantitative estimate of drug-likeness (QED) is 0.792. The normalized spacial score (nSPS) is 19.2. The summed E-state index contributed by atoms with van der Waals surface area (Å²) in [6.45, 7) is 5.16. The lowest BCUT2D eigenvalue weighted by molar-refractivity contribution is 0.197. The van der Waals surface area contributed by atoms with E-state index in [9.17, 15) is 0 Å². The van der Waals surface area contributed by atoms with Gasteiger partial charge in [0.15, 0.2) is 11.5 Å². The van der Waals surface area contributed by atoms with E-state index >= 15 is 0 Å². The van der Waals surface area contributed by atoms with Crippen molar-refractivity contribution in [3.8, 4) is 0 Å². The van der Waals surface area contributed by atoms with Gasteiger partial charge in [-0.1, -0.05) is 0 Å². The Hall–Kier alpha value is -1.99. The monoisotopic (exact) mass is 342 g/mol. The van der Waals surface area contributed by atoms with Gasteiger partial charge < -0.3 is 5.73 Å². The second-order valence-corrected chi connectivity index (χ2v) is 7.61. The molecule has 1 aliphatic heterocycles. The van der Waals surface area contributed by atoms with Crippen LogP contribution in [0.5, 0.6) is 0 Å². The Balaban J connectivity index is 1.54. The summed E-state index contributed by atoms with van der Waals surface area (Å²) in [5, 5.41) is 8.51. The molecule has 6 nitrogen and oxygen atoms in total. The van der Waals surface area contributed by atoms with Crippen LogP contribution in [-0.2, 0) is 13.6 Å². The van der Waals surface area contributed by atoms with Gasteiger partial charge in [0, 0.05) is 37.1 Å². The average molecular weight is 342 g/mol. The first-order valence-corrected chi connectivity index (χ1v) is 9.20. The topological polar surface area (TPSA) is 72.9 Å². The molecule has 7 heteroatoms. The summed E-state index contributed by atoms with van der Waals surface area (Å²) in [5.41, 5.74) is 9.13. The van der Waals surface area contributed by atoms with Gasteiger partial charge in [-0.2, -0.15) is 5.10 Å². The Morgan fingerprint density at radius 2 is 2.21 bits per heavy atom. The maximum absolute atomic E-state index is 5.93. The van der Waals surface area contributed by atoms with Crippen molar-refractivity contribution in [3.63, 3.8) is 0 Å². The van der Waals surface area contributed by atoms with E-state index in [4.69, 9.17) is 10.7 Å². The lowest BCUT2D eigenvalue weighted by Gasteiger charge is -2.32. The van der Waals surface area contributed by atoms with Crippen molar-refractivity contribution in [2.45, 2.75) is 32.2 Å². The fourth-order valence-electron chi connectivity index (χ4n) is 3.55. The Morgan fingerprint density at radius 1 is 1.33 bits per heavy atom. The van der Waals surface area contributed by atoms with Crippen LogP contribution in [0.2, 0.25) is 0 Å². The minimum atomic E-state index is 0.457. The van der Waals surface area contributed by atoms with Crippen molar-refractivity contribution < 1.29 is 0 Å². The van der Waals surface area contributed by atoms with E-state index in [1.165, 1.54) is 18.5 Å². The molecule has 0 radical (unpaired) electrons. The van der Waals surface area contributed by atoms with Crippen molar-refractivity contribution in [2.75, 3.05) is 18.8 Å². The second-order valence-electron chi connectivity index (χ2n) is 6.55. The zero-order valence-corrected chi connectivity index (χ0v) is 14.9. The van der Waals surface area contributed by atoms with Gasteiger partial charge in [-0.05, 0) is 38.4 Å². The molecule has 1 atom stereocenters. The summed E-state index contributed by atoms with van der Waals surface area (Å²) in [7, 11) is 1.90. The van der Waals surface area contributed by atoms with Crippen LogP contribution in [-0.4, -0.2) is 37.7 Å². The molecule has 3 aromatic heterocycles. The number of aryl methyl sites for hydroxylation is 2. The van der Waals surface area contributed by atoms with Gasteiger partial charge in [-0.15, -0.1) is 11.3 Å². The molecule has 0 unspecified atom stereocenters. The first-order valence-electron chi connectivity index (χ1n) is 8.32. The Kier molecular flexibility index (Phi) is 3.97. The molecule has 24 heavy (non-hydrogen) atoms. The molecule has 0 aromatic carbocycles. The SMILES string of the molecule is Cc1nc(CN2CCC[C@H](c3ccc4c(N)nn(C)c4n3)C2)cs1. The number of anilines is 1. The number of aromatic nitrogens is 4. The van der Waals surface area contributed by atoms with Gasteiger partial charge in [0.2, 0.25) is 0 Å². The lowest BCUT2D eigenvalue weighted by atomic mass is 9.94. The van der Waals surface area contributed by atoms with Crippen molar-refractivity contribution >= 4 is 28.2 Å². The molecule has 1 aliphatic rings. The number of hydrogen-bond donors (Lipinski definition) is 1. The molecule has 4 rings (SSSR count). The molecule has 4 heterocycles. The molecule has 0 bridgehead atoms. The van der Waals surface area contributed by atoms with Crippen LogP contribution in [0.3, 0.4) is 0 Å². The van der Waals surface area contributed by atoms with E-state index < -0.39 is 0 Å². The Bertz CT molecular complexity index is 867. The van der Waals surface area contributed by atoms with Crippen molar-refractivity contribution in [1.29, 1.82) is 0 Å². The third-order valence-corrected chi connectivity index (χ3v) is 5.54. The number of nitrogen functional groups attached to an aromatic ring is 1. The van der Waals surface area contributed by atoms with E-state index in [2.05, 4.69) is 39.4 Å². The number of likely N-dealkylation sites (tertiary alicyclic amines) is 1. The predicted molar refractivity (Wildman–Crippen MR) is 97.0 cm³/mol. The Labute approximate surface area is 145 Å². The maximum atomic E-state index is 5.93. The minimum absolute atomic E-state index is 0.457. The van der Waals surface area contributed by atoms with Gasteiger partial charge in [-0.25, -0.2) is 14.6 Å². The molecule has 1 fully saturated rings. The number of rotatable bonds is 3. The average Bonchev–Trinajstić information content (AvgIpc) is 3.11. The zero-order chi connectivity index (χ0) is 16.7. The van der Waals surface area contributed by atoms with Crippen LogP contribution in [0.25, 0.3) is 11.0 Å². The van der Waals surface area contributed by atoms with Crippen LogP contribution < -0.4 is 5.73 Å². The summed E-state index contributed by atoms with van der Waals surface area (Å²) in [5.74, 6) is 1.01. The van der Waals surface area contributed by atoms with Gasteiger partial charge in [0.05, 0.1) is 16.1 Å². The fraction of sp³-hybridized carbons (Fsp3) is 0.471. The second kappa shape index (κ2) is 6.14. The maximum Gasteiger partial charge on any atom is 0.159 e. The first-order chi connectivity index (χ1) is 11.6. The number of fused-ring (bicyclic) bond motifs is 1. The molecule has 0 spiro atoms. The van der Waals surface area contributed by atoms with E-state index in [1.807, 2.05) is 7.05 Å². The van der Waals surface area contributed by atoms with Gasteiger partial charge in [-0.3, -0.25) is 4.90 Å². The number of hydrogen-bond acceptors (Lipinski definition) is 6. The van der Waals surface area contributed by atoms with Gasteiger partial charge >= 0.3 is 0 Å². The summed E-state index contributed by atoms with van der Waals surface area (Å²) in [6, 6.07) is 4.17. The Morgan fingerprint density at radius 3 is 3.00 bits per heavy atom.